The molecular formula is C15H18N4O3. The van der Waals surface area contributed by atoms with Gasteiger partial charge in [0.05, 0.1) is 5.39 Å². The molecule has 3 rings (SSSR count). The maximum atomic E-state index is 12.3. The van der Waals surface area contributed by atoms with E-state index in [2.05, 4.69) is 20.5 Å². The zero-order chi connectivity index (χ0) is 15.9. The highest BCUT2D eigenvalue weighted by molar-refractivity contribution is 6.01. The summed E-state index contributed by atoms with van der Waals surface area (Å²) in [7, 11) is 0. The number of hydrogen-bond donors (Lipinski definition) is 2. The summed E-state index contributed by atoms with van der Waals surface area (Å²) in [5, 5.41) is 10.0. The number of carbonyl (C=O) groups is 2. The Kier molecular flexibility index (Phi) is 3.35. The standard InChI is InChI=1S/C15H18N4O3/c1-15(2,3)10-7-9(13(20)17-10)22-14(21)11-8-5-4-6-16-12(8)19-18-11/h4-6,9-10H,7H2,1-3H3,(H,17,20)(H,16,18,19). The number of amides is 1. The molecule has 0 saturated carbocycles. The molecule has 1 saturated heterocycles. The van der Waals surface area contributed by atoms with Crippen LogP contribution < -0.4 is 5.32 Å². The van der Waals surface area contributed by atoms with Crippen molar-refractivity contribution in [1.82, 2.24) is 20.5 Å². The number of esters is 1. The number of H-pyrrole nitrogens is 1. The highest BCUT2D eigenvalue weighted by atomic mass is 16.5. The van der Waals surface area contributed by atoms with Gasteiger partial charge < -0.3 is 10.1 Å². The van der Waals surface area contributed by atoms with E-state index < -0.39 is 12.1 Å². The molecule has 2 aromatic rings. The van der Waals surface area contributed by atoms with E-state index in [1.54, 1.807) is 18.3 Å². The predicted molar refractivity (Wildman–Crippen MR) is 79.1 cm³/mol. The van der Waals surface area contributed by atoms with Crippen molar-refractivity contribution in [2.45, 2.75) is 39.3 Å². The number of aromatic amines is 1. The Morgan fingerprint density at radius 2 is 2.18 bits per heavy atom. The minimum atomic E-state index is -0.772. The van der Waals surface area contributed by atoms with Crippen LogP contribution in [0, 0.1) is 5.41 Å². The molecule has 2 N–H and O–H groups in total. The van der Waals surface area contributed by atoms with Crippen LogP contribution >= 0.6 is 0 Å². The van der Waals surface area contributed by atoms with Crippen LogP contribution in [0.5, 0.6) is 0 Å². The second-order valence-corrected chi connectivity index (χ2v) is 6.53. The van der Waals surface area contributed by atoms with E-state index >= 15 is 0 Å². The third kappa shape index (κ3) is 2.54. The van der Waals surface area contributed by atoms with Crippen molar-refractivity contribution in [1.29, 1.82) is 0 Å². The first-order chi connectivity index (χ1) is 10.4. The molecule has 7 nitrogen and oxygen atoms in total. The molecular weight excluding hydrogens is 284 g/mol. The molecule has 3 heterocycles. The Balaban J connectivity index is 1.76. The van der Waals surface area contributed by atoms with Gasteiger partial charge in [-0.3, -0.25) is 9.89 Å². The smallest absolute Gasteiger partial charge is 0.357 e. The maximum absolute atomic E-state index is 12.3. The normalized spacial score (nSPS) is 21.9. The quantitative estimate of drug-likeness (QED) is 0.818. The van der Waals surface area contributed by atoms with E-state index in [4.69, 9.17) is 4.74 Å². The van der Waals surface area contributed by atoms with Gasteiger partial charge in [0, 0.05) is 18.7 Å². The van der Waals surface area contributed by atoms with E-state index in [0.29, 0.717) is 17.5 Å². The average Bonchev–Trinajstić information content (AvgIpc) is 3.02. The topological polar surface area (TPSA) is 97.0 Å². The number of aromatic nitrogens is 3. The lowest BCUT2D eigenvalue weighted by atomic mass is 9.86. The third-order valence-corrected chi connectivity index (χ3v) is 3.89. The van der Waals surface area contributed by atoms with Crippen LogP contribution in [-0.4, -0.2) is 39.2 Å². The van der Waals surface area contributed by atoms with Crippen LogP contribution in [0.3, 0.4) is 0 Å². The number of carbonyl (C=O) groups excluding carboxylic acids is 2. The van der Waals surface area contributed by atoms with Gasteiger partial charge in [0.2, 0.25) is 0 Å². The number of rotatable bonds is 2. The first kappa shape index (κ1) is 14.5. The molecule has 0 aliphatic carbocycles. The summed E-state index contributed by atoms with van der Waals surface area (Å²) in [6.07, 6.45) is 1.29. The average molecular weight is 302 g/mol. The molecule has 116 valence electrons. The third-order valence-electron chi connectivity index (χ3n) is 3.89. The largest absolute Gasteiger partial charge is 0.447 e. The summed E-state index contributed by atoms with van der Waals surface area (Å²) in [6.45, 7) is 6.11. The number of nitrogens with zero attached hydrogens (tertiary/aromatic N) is 2. The molecule has 0 radical (unpaired) electrons. The summed E-state index contributed by atoms with van der Waals surface area (Å²) in [6, 6.07) is 3.43. The SMILES string of the molecule is CC(C)(C)C1CC(OC(=O)c2[nH]nc3ncccc23)C(=O)N1. The lowest BCUT2D eigenvalue weighted by Crippen LogP contribution is -2.37. The molecule has 2 aromatic heterocycles. The van der Waals surface area contributed by atoms with Crippen LogP contribution in [0.15, 0.2) is 18.3 Å². The van der Waals surface area contributed by atoms with Gasteiger partial charge in [0.1, 0.15) is 0 Å². The number of pyridine rings is 1. The Labute approximate surface area is 127 Å². The van der Waals surface area contributed by atoms with Gasteiger partial charge in [-0.05, 0) is 17.5 Å². The summed E-state index contributed by atoms with van der Waals surface area (Å²) in [4.78, 5) is 28.3. The van der Waals surface area contributed by atoms with Crippen LogP contribution in [0.4, 0.5) is 0 Å². The van der Waals surface area contributed by atoms with Crippen molar-refractivity contribution in [3.63, 3.8) is 0 Å². The molecule has 0 bridgehead atoms. The highest BCUT2D eigenvalue weighted by Crippen LogP contribution is 2.28. The van der Waals surface area contributed by atoms with Crippen LogP contribution in [-0.2, 0) is 9.53 Å². The first-order valence-corrected chi connectivity index (χ1v) is 7.16. The zero-order valence-corrected chi connectivity index (χ0v) is 12.7. The lowest BCUT2D eigenvalue weighted by molar-refractivity contribution is -0.126. The molecule has 1 aliphatic heterocycles. The van der Waals surface area contributed by atoms with Crippen LogP contribution in [0.2, 0.25) is 0 Å². The number of nitrogens with one attached hydrogen (secondary N) is 2. The summed E-state index contributed by atoms with van der Waals surface area (Å²) < 4.78 is 5.35. The van der Waals surface area contributed by atoms with Gasteiger partial charge in [0.15, 0.2) is 17.4 Å². The van der Waals surface area contributed by atoms with Crippen LogP contribution in [0.1, 0.15) is 37.7 Å². The van der Waals surface area contributed by atoms with E-state index in [9.17, 15) is 9.59 Å². The second kappa shape index (κ2) is 5.08. The predicted octanol–water partition coefficient (Wildman–Crippen LogP) is 1.42. The van der Waals surface area contributed by atoms with Gasteiger partial charge >= 0.3 is 5.97 Å². The van der Waals surface area contributed by atoms with Gasteiger partial charge in [-0.2, -0.15) is 5.10 Å². The van der Waals surface area contributed by atoms with Gasteiger partial charge in [-0.25, -0.2) is 9.78 Å². The minimum Gasteiger partial charge on any atom is -0.447 e. The lowest BCUT2D eigenvalue weighted by Gasteiger charge is -2.26. The fourth-order valence-corrected chi connectivity index (χ4v) is 2.51. The van der Waals surface area contributed by atoms with Crippen molar-refractivity contribution in [3.05, 3.63) is 24.0 Å². The Morgan fingerprint density at radius 1 is 1.41 bits per heavy atom. The fourth-order valence-electron chi connectivity index (χ4n) is 2.51. The molecule has 0 aromatic carbocycles. The Morgan fingerprint density at radius 3 is 2.86 bits per heavy atom. The summed E-state index contributed by atoms with van der Waals surface area (Å²) in [5.74, 6) is -0.847. The van der Waals surface area contributed by atoms with Gasteiger partial charge in [0.25, 0.3) is 5.91 Å². The van der Waals surface area contributed by atoms with Crippen molar-refractivity contribution >= 4 is 22.9 Å². The van der Waals surface area contributed by atoms with E-state index in [-0.39, 0.29) is 23.1 Å². The molecule has 1 fully saturated rings. The molecule has 0 spiro atoms. The fraction of sp³-hybridized carbons (Fsp3) is 0.467. The monoisotopic (exact) mass is 302 g/mol. The van der Waals surface area contributed by atoms with Crippen molar-refractivity contribution < 1.29 is 14.3 Å². The molecule has 1 aliphatic rings. The van der Waals surface area contributed by atoms with Crippen LogP contribution in [0.25, 0.3) is 11.0 Å². The van der Waals surface area contributed by atoms with E-state index in [0.717, 1.165) is 0 Å². The molecule has 22 heavy (non-hydrogen) atoms. The Bertz CT molecular complexity index is 732. The van der Waals surface area contributed by atoms with Crippen molar-refractivity contribution in [2.75, 3.05) is 0 Å². The highest BCUT2D eigenvalue weighted by Gasteiger charge is 2.40. The van der Waals surface area contributed by atoms with Crippen molar-refractivity contribution in [3.8, 4) is 0 Å². The number of hydrogen-bond acceptors (Lipinski definition) is 5. The maximum Gasteiger partial charge on any atom is 0.357 e. The zero-order valence-electron chi connectivity index (χ0n) is 12.7. The number of fused-ring (bicyclic) bond motifs is 1. The molecule has 7 heteroatoms. The van der Waals surface area contributed by atoms with Gasteiger partial charge in [-0.1, -0.05) is 20.8 Å². The first-order valence-electron chi connectivity index (χ1n) is 7.16. The molecule has 1 amide bonds. The summed E-state index contributed by atoms with van der Waals surface area (Å²) >= 11 is 0. The second-order valence-electron chi connectivity index (χ2n) is 6.53. The van der Waals surface area contributed by atoms with Crippen molar-refractivity contribution in [2.24, 2.45) is 5.41 Å². The van der Waals surface area contributed by atoms with Gasteiger partial charge in [-0.15, -0.1) is 0 Å². The van der Waals surface area contributed by atoms with E-state index in [1.807, 2.05) is 20.8 Å². The van der Waals surface area contributed by atoms with E-state index in [1.165, 1.54) is 0 Å². The Hall–Kier alpha value is -2.44. The molecule has 2 unspecified atom stereocenters. The number of ether oxygens (including phenoxy) is 1. The molecule has 2 atom stereocenters. The summed E-state index contributed by atoms with van der Waals surface area (Å²) in [5.41, 5.74) is 0.578. The minimum absolute atomic E-state index is 0.0158.